The third kappa shape index (κ3) is 3.71. The maximum Gasteiger partial charge on any atom is 0.408 e. The van der Waals surface area contributed by atoms with Gasteiger partial charge in [0.1, 0.15) is 28.6 Å². The number of alkyl carbamates (subject to hydrolysis) is 1. The molecular weight excluding hydrogens is 463 g/mol. The van der Waals surface area contributed by atoms with Gasteiger partial charge in [0, 0.05) is 11.1 Å². The second-order valence-electron chi connectivity index (χ2n) is 7.22. The van der Waals surface area contributed by atoms with Crippen molar-refractivity contribution < 1.29 is 27.1 Å². The van der Waals surface area contributed by atoms with E-state index in [-0.39, 0.29) is 46.4 Å². The van der Waals surface area contributed by atoms with Crippen LogP contribution in [0.4, 0.5) is 9.18 Å². The molecule has 1 spiro atoms. The van der Waals surface area contributed by atoms with Crippen LogP contribution in [0.5, 0.6) is 5.75 Å². The highest BCUT2D eigenvalue weighted by Gasteiger charge is 2.57. The molecule has 0 aromatic heterocycles. The number of halogens is 2. The second kappa shape index (κ2) is 7.95. The molecular formula is C20H14ClFN4O5S. The Morgan fingerprint density at radius 2 is 1.97 bits per heavy atom. The molecule has 4 rings (SSSR count). The molecule has 0 saturated carbocycles. The molecule has 2 heterocycles. The first kappa shape index (κ1) is 21.8. The summed E-state index contributed by atoms with van der Waals surface area (Å²) in [5, 5.41) is 20.9. The van der Waals surface area contributed by atoms with Crippen molar-refractivity contribution in [2.45, 2.75) is 16.6 Å². The number of nitrogens with one attached hydrogen (secondary N) is 1. The Bertz CT molecular complexity index is 1310. The van der Waals surface area contributed by atoms with Crippen LogP contribution in [-0.4, -0.2) is 50.2 Å². The lowest BCUT2D eigenvalue weighted by atomic mass is 10.0. The molecule has 2 aliphatic rings. The topological polar surface area (TPSA) is 133 Å². The lowest BCUT2D eigenvalue weighted by Crippen LogP contribution is -2.48. The predicted octanol–water partition coefficient (Wildman–Crippen LogP) is 2.15. The number of amides is 1. The molecule has 2 saturated heterocycles. The maximum atomic E-state index is 14.0. The van der Waals surface area contributed by atoms with Gasteiger partial charge in [-0.15, -0.1) is 0 Å². The van der Waals surface area contributed by atoms with Crippen LogP contribution in [0.15, 0.2) is 41.3 Å². The molecule has 2 atom stereocenters. The van der Waals surface area contributed by atoms with Crippen LogP contribution in [-0.2, 0) is 14.8 Å². The summed E-state index contributed by atoms with van der Waals surface area (Å²) in [6, 6.07) is 10.9. The number of rotatable bonds is 4. The van der Waals surface area contributed by atoms with E-state index in [0.29, 0.717) is 0 Å². The Labute approximate surface area is 187 Å². The fourth-order valence-corrected chi connectivity index (χ4v) is 5.46. The quantitative estimate of drug-likeness (QED) is 0.714. The van der Waals surface area contributed by atoms with Crippen molar-refractivity contribution in [3.05, 3.63) is 58.4 Å². The summed E-state index contributed by atoms with van der Waals surface area (Å²) in [4.78, 5) is 11.5. The van der Waals surface area contributed by atoms with Gasteiger partial charge in [0.25, 0.3) is 0 Å². The highest BCUT2D eigenvalue weighted by Crippen LogP contribution is 2.36. The number of nitrogens with zero attached hydrogens (tertiary/aromatic N) is 3. The summed E-state index contributed by atoms with van der Waals surface area (Å²) in [6.45, 7) is -0.510. The van der Waals surface area contributed by atoms with Crippen molar-refractivity contribution in [3.8, 4) is 17.9 Å². The highest BCUT2D eigenvalue weighted by molar-refractivity contribution is 7.89. The van der Waals surface area contributed by atoms with E-state index in [9.17, 15) is 22.9 Å². The number of benzene rings is 2. The molecule has 0 radical (unpaired) electrons. The summed E-state index contributed by atoms with van der Waals surface area (Å²) in [6.07, 6.45) is -1.73. The summed E-state index contributed by atoms with van der Waals surface area (Å²) in [5.41, 5.74) is -1.68. The Morgan fingerprint density at radius 3 is 2.59 bits per heavy atom. The average molecular weight is 477 g/mol. The number of nitriles is 2. The molecule has 2 fully saturated rings. The van der Waals surface area contributed by atoms with Crippen molar-refractivity contribution in [1.29, 1.82) is 10.5 Å². The first-order chi connectivity index (χ1) is 15.2. The molecule has 0 aliphatic carbocycles. The van der Waals surface area contributed by atoms with Crippen LogP contribution in [0.2, 0.25) is 5.02 Å². The van der Waals surface area contributed by atoms with E-state index in [1.807, 2.05) is 6.07 Å². The van der Waals surface area contributed by atoms with E-state index in [1.165, 1.54) is 30.3 Å². The molecule has 12 heteroatoms. The summed E-state index contributed by atoms with van der Waals surface area (Å²) in [7, 11) is -4.19. The normalized spacial score (nSPS) is 22.8. The zero-order valence-electron chi connectivity index (χ0n) is 16.2. The zero-order valence-corrected chi connectivity index (χ0v) is 17.8. The predicted molar refractivity (Wildman–Crippen MR) is 108 cm³/mol. The van der Waals surface area contributed by atoms with Gasteiger partial charge >= 0.3 is 6.09 Å². The third-order valence-electron chi connectivity index (χ3n) is 5.25. The van der Waals surface area contributed by atoms with Crippen molar-refractivity contribution in [1.82, 2.24) is 9.62 Å². The molecule has 2 aliphatic heterocycles. The van der Waals surface area contributed by atoms with Crippen LogP contribution >= 0.6 is 11.6 Å². The molecule has 0 unspecified atom stereocenters. The first-order valence-electron chi connectivity index (χ1n) is 9.21. The van der Waals surface area contributed by atoms with E-state index in [2.05, 4.69) is 5.32 Å². The fraction of sp³-hybridized carbons (Fsp3) is 0.250. The van der Waals surface area contributed by atoms with Gasteiger partial charge in [0.15, 0.2) is 11.7 Å². The van der Waals surface area contributed by atoms with Gasteiger partial charge in [-0.05, 0) is 30.3 Å². The fourth-order valence-electron chi connectivity index (χ4n) is 3.67. The van der Waals surface area contributed by atoms with E-state index in [4.69, 9.17) is 26.3 Å². The van der Waals surface area contributed by atoms with Gasteiger partial charge in [-0.25, -0.2) is 17.6 Å². The molecule has 9 nitrogen and oxygen atoms in total. The van der Waals surface area contributed by atoms with E-state index in [0.717, 1.165) is 10.4 Å². The average Bonchev–Trinajstić information content (AvgIpc) is 3.31. The van der Waals surface area contributed by atoms with Crippen LogP contribution in [0.3, 0.4) is 0 Å². The molecule has 0 bridgehead atoms. The molecule has 2 aromatic rings. The van der Waals surface area contributed by atoms with E-state index in [1.54, 1.807) is 6.07 Å². The van der Waals surface area contributed by atoms with Gasteiger partial charge < -0.3 is 14.8 Å². The van der Waals surface area contributed by atoms with Crippen molar-refractivity contribution in [2.24, 2.45) is 0 Å². The minimum absolute atomic E-state index is 0.0347. The summed E-state index contributed by atoms with van der Waals surface area (Å²) >= 11 is 5.87. The van der Waals surface area contributed by atoms with Crippen LogP contribution in [0.1, 0.15) is 11.1 Å². The van der Waals surface area contributed by atoms with Gasteiger partial charge in [-0.1, -0.05) is 11.6 Å². The first-order valence-corrected chi connectivity index (χ1v) is 11.0. The maximum absolute atomic E-state index is 14.0. The van der Waals surface area contributed by atoms with Gasteiger partial charge in [-0.2, -0.15) is 14.8 Å². The molecule has 1 amide bonds. The number of hydrogen-bond acceptors (Lipinski definition) is 7. The lowest BCUT2D eigenvalue weighted by molar-refractivity contribution is -0.00569. The molecule has 164 valence electrons. The largest absolute Gasteiger partial charge is 0.485 e. The third-order valence-corrected chi connectivity index (χ3v) is 7.35. The number of hydrogen-bond donors (Lipinski definition) is 1. The SMILES string of the molecule is N#Cc1ccc(O[C@H]2CN(S(=O)(=O)c3ccc(Cl)cc3C#N)C[C@]23CNC(=O)O3)cc1F. The summed E-state index contributed by atoms with van der Waals surface area (Å²) < 4.78 is 52.9. The van der Waals surface area contributed by atoms with Gasteiger partial charge in [0.05, 0.1) is 30.8 Å². The van der Waals surface area contributed by atoms with Crippen LogP contribution in [0, 0.1) is 28.5 Å². The van der Waals surface area contributed by atoms with Crippen molar-refractivity contribution in [2.75, 3.05) is 19.6 Å². The highest BCUT2D eigenvalue weighted by atomic mass is 35.5. The molecule has 1 N–H and O–H groups in total. The smallest absolute Gasteiger partial charge is 0.408 e. The number of carbonyl (C=O) groups excluding carboxylic acids is 1. The van der Waals surface area contributed by atoms with E-state index >= 15 is 0 Å². The van der Waals surface area contributed by atoms with Crippen molar-refractivity contribution in [3.63, 3.8) is 0 Å². The minimum Gasteiger partial charge on any atom is -0.485 e. The number of carbonyl (C=O) groups is 1. The number of sulfonamides is 1. The monoisotopic (exact) mass is 476 g/mol. The standard InChI is InChI=1S/C20H14ClFN4O5S/c21-14-2-4-17(13(5-14)8-24)32(28,29)26-9-18(20(11-26)10-25-19(27)31-20)30-15-3-1-12(7-23)16(22)6-15/h1-6,18H,9-11H2,(H,25,27)/t18-,20+/m0/s1. The Kier molecular flexibility index (Phi) is 5.42. The van der Waals surface area contributed by atoms with E-state index < -0.39 is 33.6 Å². The second-order valence-corrected chi connectivity index (χ2v) is 9.56. The van der Waals surface area contributed by atoms with Crippen LogP contribution in [0.25, 0.3) is 0 Å². The molecule has 2 aromatic carbocycles. The lowest BCUT2D eigenvalue weighted by Gasteiger charge is -2.27. The Balaban J connectivity index is 1.68. The zero-order chi connectivity index (χ0) is 23.1. The van der Waals surface area contributed by atoms with Crippen LogP contribution < -0.4 is 10.1 Å². The molecule has 32 heavy (non-hydrogen) atoms. The Morgan fingerprint density at radius 1 is 1.22 bits per heavy atom. The summed E-state index contributed by atoms with van der Waals surface area (Å²) in [5.74, 6) is -0.764. The minimum atomic E-state index is -4.19. The van der Waals surface area contributed by atoms with Crippen molar-refractivity contribution >= 4 is 27.7 Å². The van der Waals surface area contributed by atoms with Gasteiger partial charge in [-0.3, -0.25) is 0 Å². The van der Waals surface area contributed by atoms with Gasteiger partial charge in [0.2, 0.25) is 10.0 Å². The Hall–Kier alpha value is -3.38. The number of ether oxygens (including phenoxy) is 2.